The second kappa shape index (κ2) is 6.67. The van der Waals surface area contributed by atoms with Gasteiger partial charge in [0.2, 0.25) is 0 Å². The van der Waals surface area contributed by atoms with Gasteiger partial charge >= 0.3 is 0 Å². The van der Waals surface area contributed by atoms with Crippen molar-refractivity contribution >= 4 is 0 Å². The van der Waals surface area contributed by atoms with Gasteiger partial charge in [0.25, 0.3) is 0 Å². The van der Waals surface area contributed by atoms with E-state index in [0.29, 0.717) is 11.7 Å². The van der Waals surface area contributed by atoms with Gasteiger partial charge < -0.3 is 5.11 Å². The van der Waals surface area contributed by atoms with Crippen molar-refractivity contribution in [1.29, 1.82) is 0 Å². The van der Waals surface area contributed by atoms with Gasteiger partial charge in [0.1, 0.15) is 5.69 Å². The highest BCUT2D eigenvalue weighted by Gasteiger charge is 2.18. The Labute approximate surface area is 105 Å². The SMILES string of the molecule is CCCCc1c(O)c(C(C)C)nn1CCCC. The third-order valence-corrected chi connectivity index (χ3v) is 3.09. The fourth-order valence-corrected chi connectivity index (χ4v) is 1.98. The molecule has 0 saturated heterocycles. The molecule has 3 heteroatoms. The van der Waals surface area contributed by atoms with E-state index in [1.54, 1.807) is 0 Å². The molecule has 98 valence electrons. The van der Waals surface area contributed by atoms with E-state index in [1.165, 1.54) is 0 Å². The lowest BCUT2D eigenvalue weighted by Gasteiger charge is -2.06. The summed E-state index contributed by atoms with van der Waals surface area (Å²) in [6.07, 6.45) is 5.48. The zero-order valence-corrected chi connectivity index (χ0v) is 11.7. The summed E-state index contributed by atoms with van der Waals surface area (Å²) < 4.78 is 2.02. The summed E-state index contributed by atoms with van der Waals surface area (Å²) >= 11 is 0. The van der Waals surface area contributed by atoms with E-state index in [2.05, 4.69) is 32.8 Å². The molecule has 1 N–H and O–H groups in total. The van der Waals surface area contributed by atoms with Gasteiger partial charge in [0.15, 0.2) is 5.75 Å². The molecule has 0 saturated carbocycles. The van der Waals surface area contributed by atoms with Crippen molar-refractivity contribution in [2.24, 2.45) is 0 Å². The molecular weight excluding hydrogens is 212 g/mol. The van der Waals surface area contributed by atoms with Crippen LogP contribution in [0.4, 0.5) is 0 Å². The Bertz CT molecular complexity index is 342. The molecule has 0 aromatic carbocycles. The minimum Gasteiger partial charge on any atom is -0.504 e. The van der Waals surface area contributed by atoms with Crippen LogP contribution in [0.2, 0.25) is 0 Å². The average molecular weight is 238 g/mol. The number of hydrogen-bond acceptors (Lipinski definition) is 2. The molecular formula is C14H26N2O. The summed E-state index contributed by atoms with van der Waals surface area (Å²) in [5.74, 6) is 0.725. The van der Waals surface area contributed by atoms with Gasteiger partial charge in [-0.25, -0.2) is 0 Å². The quantitative estimate of drug-likeness (QED) is 0.783. The molecule has 0 unspecified atom stereocenters. The van der Waals surface area contributed by atoms with E-state index in [4.69, 9.17) is 0 Å². The third kappa shape index (κ3) is 3.48. The van der Waals surface area contributed by atoms with Crippen molar-refractivity contribution in [1.82, 2.24) is 9.78 Å². The summed E-state index contributed by atoms with van der Waals surface area (Å²) in [5.41, 5.74) is 1.89. The molecule has 0 spiro atoms. The minimum absolute atomic E-state index is 0.290. The molecule has 0 fully saturated rings. The zero-order chi connectivity index (χ0) is 12.8. The fourth-order valence-electron chi connectivity index (χ4n) is 1.98. The molecule has 1 aromatic rings. The van der Waals surface area contributed by atoms with Crippen molar-refractivity contribution in [3.63, 3.8) is 0 Å². The van der Waals surface area contributed by atoms with E-state index >= 15 is 0 Å². The molecule has 3 nitrogen and oxygen atoms in total. The standard InChI is InChI=1S/C14H26N2O/c1-5-7-9-12-14(17)13(11(3)4)15-16(12)10-8-6-2/h11,17H,5-10H2,1-4H3. The number of rotatable bonds is 7. The Morgan fingerprint density at radius 3 is 2.35 bits per heavy atom. The zero-order valence-electron chi connectivity index (χ0n) is 11.7. The maximum atomic E-state index is 10.2. The number of aromatic hydroxyl groups is 1. The van der Waals surface area contributed by atoms with Gasteiger partial charge in [0, 0.05) is 12.5 Å². The molecule has 1 aromatic heterocycles. The van der Waals surface area contributed by atoms with E-state index in [9.17, 15) is 5.11 Å². The summed E-state index contributed by atoms with van der Waals surface area (Å²) in [6.45, 7) is 9.44. The average Bonchev–Trinajstić information content (AvgIpc) is 2.61. The number of aromatic nitrogens is 2. The van der Waals surface area contributed by atoms with Crippen molar-refractivity contribution in [3.8, 4) is 5.75 Å². The van der Waals surface area contributed by atoms with Gasteiger partial charge in [-0.3, -0.25) is 4.68 Å². The summed E-state index contributed by atoms with van der Waals surface area (Å²) in [7, 11) is 0. The molecule has 17 heavy (non-hydrogen) atoms. The van der Waals surface area contributed by atoms with Crippen LogP contribution in [0.15, 0.2) is 0 Å². The predicted octanol–water partition coefficient (Wildman–Crippen LogP) is 3.85. The first-order chi connectivity index (χ1) is 8.11. The topological polar surface area (TPSA) is 38.1 Å². The van der Waals surface area contributed by atoms with Crippen LogP contribution in [0.25, 0.3) is 0 Å². The van der Waals surface area contributed by atoms with Crippen LogP contribution >= 0.6 is 0 Å². The van der Waals surface area contributed by atoms with Gasteiger partial charge in [-0.05, 0) is 19.3 Å². The highest BCUT2D eigenvalue weighted by molar-refractivity contribution is 5.34. The highest BCUT2D eigenvalue weighted by atomic mass is 16.3. The third-order valence-electron chi connectivity index (χ3n) is 3.09. The maximum Gasteiger partial charge on any atom is 0.160 e. The monoisotopic (exact) mass is 238 g/mol. The van der Waals surface area contributed by atoms with E-state index < -0.39 is 0 Å². The van der Waals surface area contributed by atoms with Gasteiger partial charge in [-0.1, -0.05) is 40.5 Å². The first-order valence-corrected chi connectivity index (χ1v) is 6.90. The number of unbranched alkanes of at least 4 members (excludes halogenated alkanes) is 2. The first-order valence-electron chi connectivity index (χ1n) is 6.90. The van der Waals surface area contributed by atoms with Crippen molar-refractivity contribution in [2.45, 2.75) is 72.3 Å². The molecule has 0 bridgehead atoms. The van der Waals surface area contributed by atoms with Gasteiger partial charge in [-0.2, -0.15) is 5.10 Å². The second-order valence-corrected chi connectivity index (χ2v) is 5.02. The summed E-state index contributed by atoms with van der Waals surface area (Å²) in [5, 5.41) is 14.8. The van der Waals surface area contributed by atoms with Crippen molar-refractivity contribution in [2.75, 3.05) is 0 Å². The normalized spacial score (nSPS) is 11.4. The van der Waals surface area contributed by atoms with E-state index in [-0.39, 0.29) is 0 Å². The largest absolute Gasteiger partial charge is 0.504 e. The Hall–Kier alpha value is -0.990. The molecule has 0 aliphatic heterocycles. The van der Waals surface area contributed by atoms with E-state index in [0.717, 1.165) is 50.0 Å². The molecule has 0 aliphatic rings. The van der Waals surface area contributed by atoms with Gasteiger partial charge in [-0.15, -0.1) is 0 Å². The van der Waals surface area contributed by atoms with Crippen LogP contribution in [0.1, 0.15) is 70.7 Å². The Morgan fingerprint density at radius 2 is 1.82 bits per heavy atom. The number of nitrogens with zero attached hydrogens (tertiary/aromatic N) is 2. The van der Waals surface area contributed by atoms with Crippen LogP contribution in [0.5, 0.6) is 5.75 Å². The lowest BCUT2D eigenvalue weighted by atomic mass is 10.1. The maximum absolute atomic E-state index is 10.2. The van der Waals surface area contributed by atoms with Crippen molar-refractivity contribution < 1.29 is 5.11 Å². The highest BCUT2D eigenvalue weighted by Crippen LogP contribution is 2.29. The Morgan fingerprint density at radius 1 is 1.18 bits per heavy atom. The van der Waals surface area contributed by atoms with Crippen LogP contribution in [0.3, 0.4) is 0 Å². The Balaban J connectivity index is 2.94. The van der Waals surface area contributed by atoms with Gasteiger partial charge in [0.05, 0.1) is 5.69 Å². The summed E-state index contributed by atoms with van der Waals surface area (Å²) in [6, 6.07) is 0. The predicted molar refractivity (Wildman–Crippen MR) is 71.5 cm³/mol. The molecule has 0 amide bonds. The molecule has 1 heterocycles. The molecule has 0 atom stereocenters. The van der Waals surface area contributed by atoms with Crippen molar-refractivity contribution in [3.05, 3.63) is 11.4 Å². The number of aryl methyl sites for hydroxylation is 1. The van der Waals surface area contributed by atoms with E-state index in [1.807, 2.05) is 4.68 Å². The van der Waals surface area contributed by atoms with Crippen LogP contribution in [0, 0.1) is 0 Å². The fraction of sp³-hybridized carbons (Fsp3) is 0.786. The molecule has 0 radical (unpaired) electrons. The molecule has 0 aliphatic carbocycles. The number of hydrogen-bond donors (Lipinski definition) is 1. The lowest BCUT2D eigenvalue weighted by molar-refractivity contribution is 0.452. The van der Waals surface area contributed by atoms with Crippen LogP contribution in [-0.4, -0.2) is 14.9 Å². The lowest BCUT2D eigenvalue weighted by Crippen LogP contribution is -2.05. The van der Waals surface area contributed by atoms with Crippen LogP contribution < -0.4 is 0 Å². The Kier molecular flexibility index (Phi) is 5.52. The summed E-state index contributed by atoms with van der Waals surface area (Å²) in [4.78, 5) is 0. The van der Waals surface area contributed by atoms with Crippen LogP contribution in [-0.2, 0) is 13.0 Å². The minimum atomic E-state index is 0.290. The smallest absolute Gasteiger partial charge is 0.160 e. The molecule has 1 rings (SSSR count). The first kappa shape index (κ1) is 14.1. The second-order valence-electron chi connectivity index (χ2n) is 5.02.